The van der Waals surface area contributed by atoms with Gasteiger partial charge in [-0.05, 0) is 30.7 Å². The fourth-order valence-corrected chi connectivity index (χ4v) is 3.42. The molecule has 0 spiro atoms. The predicted octanol–water partition coefficient (Wildman–Crippen LogP) is 2.16. The van der Waals surface area contributed by atoms with E-state index in [1.165, 1.54) is 11.8 Å². The highest BCUT2D eigenvalue weighted by Gasteiger charge is 2.28. The van der Waals surface area contributed by atoms with Crippen molar-refractivity contribution in [3.63, 3.8) is 0 Å². The number of morpholine rings is 1. The molecule has 1 unspecified atom stereocenters. The Morgan fingerprint density at radius 1 is 1.52 bits per heavy atom. The summed E-state index contributed by atoms with van der Waals surface area (Å²) in [5.41, 5.74) is 1.10. The maximum atomic E-state index is 12.2. The zero-order valence-electron chi connectivity index (χ0n) is 11.5. The van der Waals surface area contributed by atoms with E-state index in [0.717, 1.165) is 14.9 Å². The van der Waals surface area contributed by atoms with Crippen molar-refractivity contribution < 1.29 is 19.4 Å². The summed E-state index contributed by atoms with van der Waals surface area (Å²) in [6.45, 7) is 2.83. The molecule has 1 aliphatic heterocycles. The quantitative estimate of drug-likeness (QED) is 0.819. The van der Waals surface area contributed by atoms with E-state index in [1.807, 2.05) is 25.1 Å². The fraction of sp³-hybridized carbons (Fsp3) is 0.429. The van der Waals surface area contributed by atoms with E-state index in [-0.39, 0.29) is 19.1 Å². The summed E-state index contributed by atoms with van der Waals surface area (Å²) in [5, 5.41) is 8.94. The first-order chi connectivity index (χ1) is 9.97. The molecule has 7 heteroatoms. The molecule has 114 valence electrons. The van der Waals surface area contributed by atoms with Crippen LogP contribution < -0.4 is 0 Å². The first-order valence-electron chi connectivity index (χ1n) is 6.48. The van der Waals surface area contributed by atoms with Crippen molar-refractivity contribution >= 4 is 39.6 Å². The molecule has 1 amide bonds. The Morgan fingerprint density at radius 2 is 2.29 bits per heavy atom. The number of aliphatic carboxylic acids is 1. The van der Waals surface area contributed by atoms with Crippen LogP contribution in [0.1, 0.15) is 5.56 Å². The molecule has 2 rings (SSSR count). The molecule has 1 aromatic rings. The van der Waals surface area contributed by atoms with Gasteiger partial charge in [-0.15, -0.1) is 11.8 Å². The maximum absolute atomic E-state index is 12.2. The number of aryl methyl sites for hydroxylation is 1. The number of benzene rings is 1. The lowest BCUT2D eigenvalue weighted by molar-refractivity contribution is -0.158. The van der Waals surface area contributed by atoms with Gasteiger partial charge in [-0.25, -0.2) is 4.79 Å². The van der Waals surface area contributed by atoms with Gasteiger partial charge in [0.15, 0.2) is 6.10 Å². The summed E-state index contributed by atoms with van der Waals surface area (Å²) in [6, 6.07) is 5.91. The molecule has 1 heterocycles. The standard InChI is InChI=1S/C14H16BrNO4S/c1-9-6-10(15)2-3-12(9)21-8-13(17)16-4-5-20-11(7-16)14(18)19/h2-3,6,11H,4-5,7-8H2,1H3,(H,18,19). The highest BCUT2D eigenvalue weighted by Crippen LogP contribution is 2.25. The van der Waals surface area contributed by atoms with Crippen molar-refractivity contribution in [2.45, 2.75) is 17.9 Å². The first-order valence-corrected chi connectivity index (χ1v) is 8.26. The number of carbonyl (C=O) groups is 2. The van der Waals surface area contributed by atoms with Crippen molar-refractivity contribution in [3.8, 4) is 0 Å². The van der Waals surface area contributed by atoms with Gasteiger partial charge in [-0.3, -0.25) is 4.79 Å². The molecular formula is C14H16BrNO4S. The van der Waals surface area contributed by atoms with Gasteiger partial charge >= 0.3 is 5.97 Å². The van der Waals surface area contributed by atoms with Gasteiger partial charge in [-0.1, -0.05) is 15.9 Å². The lowest BCUT2D eigenvalue weighted by atomic mass is 10.2. The fourth-order valence-electron chi connectivity index (χ4n) is 2.03. The number of hydrogen-bond acceptors (Lipinski definition) is 4. The average molecular weight is 374 g/mol. The largest absolute Gasteiger partial charge is 0.479 e. The van der Waals surface area contributed by atoms with Crippen LogP contribution in [0.5, 0.6) is 0 Å². The molecule has 21 heavy (non-hydrogen) atoms. The summed E-state index contributed by atoms with van der Waals surface area (Å²) in [6.07, 6.45) is -0.915. The minimum absolute atomic E-state index is 0.0585. The summed E-state index contributed by atoms with van der Waals surface area (Å²) < 4.78 is 6.12. The maximum Gasteiger partial charge on any atom is 0.334 e. The molecular weight excluding hydrogens is 358 g/mol. The van der Waals surface area contributed by atoms with Crippen molar-refractivity contribution in [3.05, 3.63) is 28.2 Å². The van der Waals surface area contributed by atoms with Crippen LogP contribution in [0.3, 0.4) is 0 Å². The second kappa shape index (κ2) is 7.29. The van der Waals surface area contributed by atoms with Crippen LogP contribution in [-0.4, -0.2) is 53.4 Å². The minimum Gasteiger partial charge on any atom is -0.479 e. The number of halogens is 1. The molecule has 0 radical (unpaired) electrons. The summed E-state index contributed by atoms with van der Waals surface area (Å²) in [4.78, 5) is 25.7. The Labute approximate surface area is 135 Å². The molecule has 0 saturated carbocycles. The number of rotatable bonds is 4. The van der Waals surface area contributed by atoms with Crippen LogP contribution in [0.4, 0.5) is 0 Å². The Balaban J connectivity index is 1.90. The van der Waals surface area contributed by atoms with Gasteiger partial charge in [0.25, 0.3) is 0 Å². The van der Waals surface area contributed by atoms with Gasteiger partial charge < -0.3 is 14.7 Å². The van der Waals surface area contributed by atoms with E-state index in [4.69, 9.17) is 9.84 Å². The SMILES string of the molecule is Cc1cc(Br)ccc1SCC(=O)N1CCOC(C(=O)O)C1. The molecule has 5 nitrogen and oxygen atoms in total. The van der Waals surface area contributed by atoms with Gasteiger partial charge in [0, 0.05) is 15.9 Å². The van der Waals surface area contributed by atoms with Crippen LogP contribution in [0.15, 0.2) is 27.6 Å². The molecule has 1 aromatic carbocycles. The molecule has 1 saturated heterocycles. The second-order valence-electron chi connectivity index (χ2n) is 4.74. The van der Waals surface area contributed by atoms with E-state index < -0.39 is 12.1 Å². The third-order valence-electron chi connectivity index (χ3n) is 3.18. The molecule has 0 bridgehead atoms. The molecule has 0 aliphatic carbocycles. The second-order valence-corrected chi connectivity index (χ2v) is 6.67. The Morgan fingerprint density at radius 3 is 2.95 bits per heavy atom. The zero-order chi connectivity index (χ0) is 15.4. The number of nitrogens with zero attached hydrogens (tertiary/aromatic N) is 1. The molecule has 0 aromatic heterocycles. The van der Waals surface area contributed by atoms with Crippen LogP contribution in [0.2, 0.25) is 0 Å². The van der Waals surface area contributed by atoms with Gasteiger partial charge in [0.05, 0.1) is 18.9 Å². The Kier molecular flexibility index (Phi) is 5.66. The number of carbonyl (C=O) groups excluding carboxylic acids is 1. The monoisotopic (exact) mass is 373 g/mol. The Hall–Kier alpha value is -1.05. The molecule has 1 N–H and O–H groups in total. The van der Waals surface area contributed by atoms with Gasteiger partial charge in [-0.2, -0.15) is 0 Å². The number of thioether (sulfide) groups is 1. The number of amides is 1. The van der Waals surface area contributed by atoms with Crippen molar-refractivity contribution in [1.29, 1.82) is 0 Å². The van der Waals surface area contributed by atoms with Crippen LogP contribution >= 0.6 is 27.7 Å². The smallest absolute Gasteiger partial charge is 0.334 e. The normalized spacial score (nSPS) is 18.6. The van der Waals surface area contributed by atoms with Crippen molar-refractivity contribution in [2.24, 2.45) is 0 Å². The topological polar surface area (TPSA) is 66.8 Å². The highest BCUT2D eigenvalue weighted by atomic mass is 79.9. The lowest BCUT2D eigenvalue weighted by Crippen LogP contribution is -2.49. The van der Waals surface area contributed by atoms with E-state index >= 15 is 0 Å². The van der Waals surface area contributed by atoms with Crippen molar-refractivity contribution in [2.75, 3.05) is 25.4 Å². The zero-order valence-corrected chi connectivity index (χ0v) is 13.9. The molecule has 1 aliphatic rings. The minimum atomic E-state index is -1.02. The Bertz CT molecular complexity index is 552. The van der Waals surface area contributed by atoms with Crippen LogP contribution in [-0.2, 0) is 14.3 Å². The summed E-state index contributed by atoms with van der Waals surface area (Å²) >= 11 is 4.87. The van der Waals surface area contributed by atoms with Crippen LogP contribution in [0, 0.1) is 6.92 Å². The number of ether oxygens (including phenoxy) is 1. The third kappa shape index (κ3) is 4.46. The van der Waals surface area contributed by atoms with E-state index in [9.17, 15) is 9.59 Å². The lowest BCUT2D eigenvalue weighted by Gasteiger charge is -2.30. The highest BCUT2D eigenvalue weighted by molar-refractivity contribution is 9.10. The molecule has 1 atom stereocenters. The summed E-state index contributed by atoms with van der Waals surface area (Å²) in [7, 11) is 0. The van der Waals surface area contributed by atoms with E-state index in [1.54, 1.807) is 4.90 Å². The number of carboxylic acid groups (broad SMARTS) is 1. The number of hydrogen-bond donors (Lipinski definition) is 1. The van der Waals surface area contributed by atoms with Gasteiger partial charge in [0.2, 0.25) is 5.91 Å². The van der Waals surface area contributed by atoms with Gasteiger partial charge in [0.1, 0.15) is 0 Å². The predicted molar refractivity (Wildman–Crippen MR) is 83.6 cm³/mol. The van der Waals surface area contributed by atoms with E-state index in [0.29, 0.717) is 12.3 Å². The van der Waals surface area contributed by atoms with Crippen LogP contribution in [0.25, 0.3) is 0 Å². The third-order valence-corrected chi connectivity index (χ3v) is 4.84. The van der Waals surface area contributed by atoms with E-state index in [2.05, 4.69) is 15.9 Å². The average Bonchev–Trinajstić information content (AvgIpc) is 2.46. The first kappa shape index (κ1) is 16.3. The summed E-state index contributed by atoms with van der Waals surface area (Å²) in [5.74, 6) is -0.782. The molecule has 1 fully saturated rings. The van der Waals surface area contributed by atoms with Crippen molar-refractivity contribution in [1.82, 2.24) is 4.90 Å². The number of carboxylic acids is 1.